The minimum absolute atomic E-state index is 0.234. The molecule has 3 N–H and O–H groups in total. The highest BCUT2D eigenvalue weighted by atomic mass is 16.1. The Morgan fingerprint density at radius 1 is 1.24 bits per heavy atom. The molecule has 0 aromatic rings. The topological polar surface area (TPSA) is 55.1 Å². The van der Waals surface area contributed by atoms with Crippen LogP contribution < -0.4 is 11.1 Å². The lowest BCUT2D eigenvalue weighted by molar-refractivity contribution is -0.126. The van der Waals surface area contributed by atoms with Gasteiger partial charge in [-0.15, -0.1) is 0 Å². The number of hydrogen-bond acceptors (Lipinski definition) is 2. The van der Waals surface area contributed by atoms with Crippen LogP contribution in [0, 0.1) is 17.3 Å². The molecule has 1 rings (SSSR count). The smallest absolute Gasteiger partial charge is 0.223 e. The minimum Gasteiger partial charge on any atom is -0.356 e. The third-order valence-corrected chi connectivity index (χ3v) is 3.73. The summed E-state index contributed by atoms with van der Waals surface area (Å²) in [6.07, 6.45) is 5.31. The maximum atomic E-state index is 11.9. The molecule has 0 aromatic heterocycles. The lowest BCUT2D eigenvalue weighted by atomic mass is 9.81. The van der Waals surface area contributed by atoms with E-state index in [1.54, 1.807) is 0 Å². The van der Waals surface area contributed by atoms with Crippen LogP contribution in [-0.4, -0.2) is 19.0 Å². The average Bonchev–Trinajstić information content (AvgIpc) is 2.27. The van der Waals surface area contributed by atoms with E-state index in [1.807, 2.05) is 0 Å². The molecule has 1 saturated carbocycles. The average molecular weight is 240 g/mol. The maximum Gasteiger partial charge on any atom is 0.223 e. The van der Waals surface area contributed by atoms with Crippen molar-refractivity contribution >= 4 is 5.91 Å². The summed E-state index contributed by atoms with van der Waals surface area (Å²) >= 11 is 0. The molecule has 17 heavy (non-hydrogen) atoms. The number of nitrogens with one attached hydrogen (secondary N) is 1. The highest BCUT2D eigenvalue weighted by Crippen LogP contribution is 2.28. The second kappa shape index (κ2) is 6.39. The van der Waals surface area contributed by atoms with E-state index in [2.05, 4.69) is 26.1 Å². The number of carbonyl (C=O) groups is 1. The molecule has 1 aliphatic carbocycles. The Bertz CT molecular complexity index is 237. The molecule has 0 spiro atoms. The van der Waals surface area contributed by atoms with Crippen molar-refractivity contribution in [3.8, 4) is 0 Å². The fourth-order valence-electron chi connectivity index (χ4n) is 2.37. The molecule has 0 aromatic carbocycles. The quantitative estimate of drug-likeness (QED) is 0.792. The fraction of sp³-hybridized carbons (Fsp3) is 0.929. The molecule has 0 bridgehead atoms. The van der Waals surface area contributed by atoms with Crippen LogP contribution >= 0.6 is 0 Å². The molecule has 3 nitrogen and oxygen atoms in total. The molecule has 1 fully saturated rings. The molecule has 0 aliphatic heterocycles. The van der Waals surface area contributed by atoms with Crippen LogP contribution in [0.3, 0.4) is 0 Å². The van der Waals surface area contributed by atoms with Crippen LogP contribution in [0.2, 0.25) is 0 Å². The molecule has 0 heterocycles. The molecule has 0 unspecified atom stereocenters. The van der Waals surface area contributed by atoms with Gasteiger partial charge in [0.15, 0.2) is 0 Å². The summed E-state index contributed by atoms with van der Waals surface area (Å²) in [5.41, 5.74) is 5.95. The summed E-state index contributed by atoms with van der Waals surface area (Å²) < 4.78 is 0. The zero-order chi connectivity index (χ0) is 12.9. The van der Waals surface area contributed by atoms with Crippen molar-refractivity contribution in [3.05, 3.63) is 0 Å². The second-order valence-corrected chi connectivity index (χ2v) is 6.56. The highest BCUT2D eigenvalue weighted by Gasteiger charge is 2.25. The van der Waals surface area contributed by atoms with Crippen molar-refractivity contribution in [3.63, 3.8) is 0 Å². The Kier molecular flexibility index (Phi) is 5.44. The summed E-state index contributed by atoms with van der Waals surface area (Å²) in [4.78, 5) is 11.9. The van der Waals surface area contributed by atoms with Crippen LogP contribution in [0.4, 0.5) is 0 Å². The van der Waals surface area contributed by atoms with Crippen LogP contribution in [-0.2, 0) is 4.79 Å². The number of carbonyl (C=O) groups excluding carboxylic acids is 1. The predicted molar refractivity (Wildman–Crippen MR) is 71.6 cm³/mol. The van der Waals surface area contributed by atoms with E-state index in [4.69, 9.17) is 5.73 Å². The van der Waals surface area contributed by atoms with Crippen molar-refractivity contribution in [2.45, 2.75) is 52.9 Å². The lowest BCUT2D eigenvalue weighted by Crippen LogP contribution is -2.35. The Hall–Kier alpha value is -0.570. The molecule has 100 valence electrons. The molecular formula is C14H28N2O. The van der Waals surface area contributed by atoms with Gasteiger partial charge in [-0.05, 0) is 50.0 Å². The third-order valence-electron chi connectivity index (χ3n) is 3.73. The van der Waals surface area contributed by atoms with Gasteiger partial charge < -0.3 is 11.1 Å². The molecular weight excluding hydrogens is 212 g/mol. The summed E-state index contributed by atoms with van der Waals surface area (Å²) in [6, 6.07) is 0. The van der Waals surface area contributed by atoms with E-state index in [0.29, 0.717) is 11.3 Å². The van der Waals surface area contributed by atoms with E-state index in [0.717, 1.165) is 45.2 Å². The van der Waals surface area contributed by atoms with Crippen LogP contribution in [0.15, 0.2) is 0 Å². The van der Waals surface area contributed by atoms with Gasteiger partial charge in [-0.2, -0.15) is 0 Å². The first-order valence-electron chi connectivity index (χ1n) is 6.90. The van der Waals surface area contributed by atoms with Gasteiger partial charge in [-0.1, -0.05) is 20.8 Å². The van der Waals surface area contributed by atoms with Gasteiger partial charge in [0.05, 0.1) is 0 Å². The monoisotopic (exact) mass is 240 g/mol. The molecule has 1 aliphatic rings. The molecule has 0 atom stereocenters. The van der Waals surface area contributed by atoms with Crippen molar-refractivity contribution in [2.24, 2.45) is 23.0 Å². The van der Waals surface area contributed by atoms with Crippen molar-refractivity contribution < 1.29 is 4.79 Å². The number of hydrogen-bond donors (Lipinski definition) is 2. The van der Waals surface area contributed by atoms with Crippen molar-refractivity contribution in [1.29, 1.82) is 0 Å². The number of amides is 1. The second-order valence-electron chi connectivity index (χ2n) is 6.56. The number of nitrogens with two attached hydrogens (primary N) is 1. The summed E-state index contributed by atoms with van der Waals surface area (Å²) in [7, 11) is 0. The summed E-state index contributed by atoms with van der Waals surface area (Å²) in [5, 5.41) is 3.07. The Balaban J connectivity index is 2.21. The minimum atomic E-state index is 0.234. The fourth-order valence-corrected chi connectivity index (χ4v) is 2.37. The molecule has 0 saturated heterocycles. The van der Waals surface area contributed by atoms with E-state index >= 15 is 0 Å². The van der Waals surface area contributed by atoms with Gasteiger partial charge in [0.2, 0.25) is 5.91 Å². The lowest BCUT2D eigenvalue weighted by Gasteiger charge is -2.27. The Morgan fingerprint density at radius 3 is 2.29 bits per heavy atom. The number of rotatable bonds is 4. The third kappa shape index (κ3) is 5.53. The van der Waals surface area contributed by atoms with Crippen molar-refractivity contribution in [2.75, 3.05) is 13.1 Å². The van der Waals surface area contributed by atoms with Gasteiger partial charge in [0.1, 0.15) is 0 Å². The van der Waals surface area contributed by atoms with Crippen LogP contribution in [0.5, 0.6) is 0 Å². The largest absolute Gasteiger partial charge is 0.356 e. The first kappa shape index (κ1) is 14.5. The maximum absolute atomic E-state index is 11.9. The highest BCUT2D eigenvalue weighted by molar-refractivity contribution is 5.78. The first-order chi connectivity index (χ1) is 7.92. The standard InChI is InChI=1S/C14H28N2O/c1-14(2,3)8-9-16-13(17)12-6-4-11(10-15)5-7-12/h11-12H,4-10,15H2,1-3H3,(H,16,17). The Morgan fingerprint density at radius 2 is 1.82 bits per heavy atom. The van der Waals surface area contributed by atoms with Crippen LogP contribution in [0.1, 0.15) is 52.9 Å². The van der Waals surface area contributed by atoms with Gasteiger partial charge in [-0.25, -0.2) is 0 Å². The van der Waals surface area contributed by atoms with Crippen molar-refractivity contribution in [1.82, 2.24) is 5.32 Å². The zero-order valence-corrected chi connectivity index (χ0v) is 11.6. The molecule has 1 amide bonds. The Labute approximate surface area is 106 Å². The van der Waals surface area contributed by atoms with E-state index in [1.165, 1.54) is 0 Å². The van der Waals surface area contributed by atoms with E-state index < -0.39 is 0 Å². The van der Waals surface area contributed by atoms with Crippen LogP contribution in [0.25, 0.3) is 0 Å². The van der Waals surface area contributed by atoms with E-state index in [9.17, 15) is 4.79 Å². The van der Waals surface area contributed by atoms with Gasteiger partial charge in [0, 0.05) is 12.5 Å². The SMILES string of the molecule is CC(C)(C)CCNC(=O)C1CCC(CN)CC1. The predicted octanol–water partition coefficient (Wildman–Crippen LogP) is 2.30. The van der Waals surface area contributed by atoms with Gasteiger partial charge >= 0.3 is 0 Å². The van der Waals surface area contributed by atoms with E-state index in [-0.39, 0.29) is 11.8 Å². The normalized spacial score (nSPS) is 25.6. The molecule has 3 heteroatoms. The summed E-state index contributed by atoms with van der Waals surface area (Å²) in [5.74, 6) is 1.14. The first-order valence-corrected chi connectivity index (χ1v) is 6.90. The van der Waals surface area contributed by atoms with Gasteiger partial charge in [0.25, 0.3) is 0 Å². The van der Waals surface area contributed by atoms with Gasteiger partial charge in [-0.3, -0.25) is 4.79 Å². The zero-order valence-electron chi connectivity index (χ0n) is 11.6. The summed E-state index contributed by atoms with van der Waals surface area (Å²) in [6.45, 7) is 8.18. The molecule has 0 radical (unpaired) electrons.